The van der Waals surface area contributed by atoms with E-state index in [0.29, 0.717) is 39.0 Å². The Labute approximate surface area is 243 Å². The highest BCUT2D eigenvalue weighted by molar-refractivity contribution is 6.06. The number of esters is 1. The summed E-state index contributed by atoms with van der Waals surface area (Å²) in [6.07, 6.45) is 13.9. The monoisotopic (exact) mass is 564 g/mol. The van der Waals surface area contributed by atoms with E-state index in [0.717, 1.165) is 48.9 Å². The van der Waals surface area contributed by atoms with E-state index in [9.17, 15) is 19.5 Å². The molecule has 2 fully saturated rings. The minimum absolute atomic E-state index is 0.134. The molecule has 1 N–H and O–H groups in total. The van der Waals surface area contributed by atoms with Crippen LogP contribution in [0.2, 0.25) is 0 Å². The van der Waals surface area contributed by atoms with Crippen LogP contribution in [-0.2, 0) is 23.9 Å². The van der Waals surface area contributed by atoms with Crippen LogP contribution < -0.4 is 4.90 Å². The average Bonchev–Trinajstić information content (AvgIpc) is 3.31. The molecule has 1 aromatic rings. The molecule has 1 aromatic carbocycles. The van der Waals surface area contributed by atoms with Crippen LogP contribution in [0.15, 0.2) is 42.5 Å². The number of carbonyl (C=O) groups is 3. The highest BCUT2D eigenvalue weighted by Crippen LogP contribution is 2.58. The number of benzene rings is 1. The number of unbranched alkanes of at least 4 members (excludes halogenated alkanes) is 3. The molecule has 8 heteroatoms. The Hall–Kier alpha value is -2.97. The molecule has 4 heterocycles. The smallest absolute Gasteiger partial charge is 0.313 e. The SMILES string of the molecule is CC[C@]12/C=C\CCCCOC(=O)[C@H]1[C@H]1C(=O)N(CCCCCCO)C3C(=O)N(c4cc(C)ccc4C)CC=C[C@@]31O2. The molecule has 1 spiro atoms. The normalized spacial score (nSPS) is 32.3. The van der Waals surface area contributed by atoms with Gasteiger partial charge < -0.3 is 24.4 Å². The molecule has 2 saturated heterocycles. The van der Waals surface area contributed by atoms with Crippen LogP contribution in [0.4, 0.5) is 5.69 Å². The quantitative estimate of drug-likeness (QED) is 0.286. The molecule has 5 atom stereocenters. The Kier molecular flexibility index (Phi) is 8.71. The predicted octanol–water partition coefficient (Wildman–Crippen LogP) is 4.40. The van der Waals surface area contributed by atoms with Crippen LogP contribution >= 0.6 is 0 Å². The third-order valence-electron chi connectivity index (χ3n) is 9.35. The minimum atomic E-state index is -1.29. The van der Waals surface area contributed by atoms with Crippen LogP contribution in [0.25, 0.3) is 0 Å². The average molecular weight is 565 g/mol. The Bertz CT molecular complexity index is 1230. The fourth-order valence-corrected chi connectivity index (χ4v) is 7.25. The highest BCUT2D eigenvalue weighted by Gasteiger charge is 2.75. The van der Waals surface area contributed by atoms with Gasteiger partial charge in [0.05, 0.1) is 12.5 Å². The molecule has 2 amide bonds. The number of aliphatic hydroxyl groups excluding tert-OH is 1. The first-order chi connectivity index (χ1) is 19.8. The maximum Gasteiger partial charge on any atom is 0.313 e. The van der Waals surface area contributed by atoms with Crippen molar-refractivity contribution in [3.05, 3.63) is 53.6 Å². The number of rotatable bonds is 8. The van der Waals surface area contributed by atoms with E-state index >= 15 is 0 Å². The summed E-state index contributed by atoms with van der Waals surface area (Å²) in [4.78, 5) is 46.4. The first kappa shape index (κ1) is 29.5. The van der Waals surface area contributed by atoms with E-state index in [-0.39, 0.29) is 18.4 Å². The van der Waals surface area contributed by atoms with Gasteiger partial charge in [0, 0.05) is 25.4 Å². The Balaban J connectivity index is 1.61. The second-order valence-electron chi connectivity index (χ2n) is 12.0. The summed E-state index contributed by atoms with van der Waals surface area (Å²) >= 11 is 0. The molecule has 0 aliphatic carbocycles. The zero-order valence-corrected chi connectivity index (χ0v) is 24.6. The van der Waals surface area contributed by atoms with Gasteiger partial charge in [-0.2, -0.15) is 0 Å². The van der Waals surface area contributed by atoms with E-state index < -0.39 is 35.0 Å². The maximum absolute atomic E-state index is 14.7. The van der Waals surface area contributed by atoms with Crippen LogP contribution in [0.5, 0.6) is 0 Å². The fraction of sp³-hybridized carbons (Fsp3) is 0.606. The Morgan fingerprint density at radius 1 is 0.976 bits per heavy atom. The summed E-state index contributed by atoms with van der Waals surface area (Å²) in [5.41, 5.74) is 0.506. The zero-order chi connectivity index (χ0) is 29.2. The standard InChI is InChI=1S/C33H44N2O6/c1-4-32-16-9-5-8-12-21-40-31(39)27(32)26-29(37)35(18-10-6-7-11-20-36)28-30(38)34(19-13-17-33(26,28)41-32)25-22-23(2)14-15-24(25)3/h9,13-17,22,26-28,36H,4-8,10-12,18-21H2,1-3H3/b16-9-/t26-,27+,28?,32-,33-/m0/s1. The van der Waals surface area contributed by atoms with E-state index in [1.807, 2.05) is 57.2 Å². The molecular weight excluding hydrogens is 520 g/mol. The lowest BCUT2D eigenvalue weighted by Crippen LogP contribution is -2.56. The predicted molar refractivity (Wildman–Crippen MR) is 156 cm³/mol. The van der Waals surface area contributed by atoms with Gasteiger partial charge in [-0.25, -0.2) is 0 Å². The van der Waals surface area contributed by atoms with Crippen LogP contribution in [0.3, 0.4) is 0 Å². The molecule has 4 aliphatic heterocycles. The van der Waals surface area contributed by atoms with Gasteiger partial charge in [0.15, 0.2) is 0 Å². The van der Waals surface area contributed by atoms with Crippen LogP contribution in [0.1, 0.15) is 69.4 Å². The first-order valence-electron chi connectivity index (χ1n) is 15.3. The van der Waals surface area contributed by atoms with Crippen molar-refractivity contribution in [3.8, 4) is 0 Å². The van der Waals surface area contributed by atoms with Crippen molar-refractivity contribution in [1.29, 1.82) is 0 Å². The third-order valence-corrected chi connectivity index (χ3v) is 9.35. The van der Waals surface area contributed by atoms with Crippen molar-refractivity contribution >= 4 is 23.5 Å². The summed E-state index contributed by atoms with van der Waals surface area (Å²) in [6.45, 7) is 7.13. The largest absolute Gasteiger partial charge is 0.465 e. The number of aliphatic hydroxyl groups is 1. The molecule has 0 radical (unpaired) electrons. The van der Waals surface area contributed by atoms with Crippen molar-refractivity contribution in [2.24, 2.45) is 11.8 Å². The Morgan fingerprint density at radius 3 is 2.56 bits per heavy atom. The number of ether oxygens (including phenoxy) is 2. The summed E-state index contributed by atoms with van der Waals surface area (Å²) in [5.74, 6) is -2.54. The van der Waals surface area contributed by atoms with Gasteiger partial charge >= 0.3 is 5.97 Å². The number of fused-ring (bicyclic) bond motifs is 2. The van der Waals surface area contributed by atoms with Gasteiger partial charge in [0.2, 0.25) is 5.91 Å². The van der Waals surface area contributed by atoms with Crippen molar-refractivity contribution in [2.45, 2.75) is 89.4 Å². The number of likely N-dealkylation sites (tertiary alicyclic amines) is 1. The van der Waals surface area contributed by atoms with E-state index in [1.165, 1.54) is 0 Å². The summed E-state index contributed by atoms with van der Waals surface area (Å²) in [5, 5.41) is 9.20. The van der Waals surface area contributed by atoms with Crippen molar-refractivity contribution in [2.75, 3.05) is 31.2 Å². The fourth-order valence-electron chi connectivity index (χ4n) is 7.25. The molecule has 0 saturated carbocycles. The number of nitrogens with zero attached hydrogens (tertiary/aromatic N) is 2. The number of hydrogen-bond donors (Lipinski definition) is 1. The van der Waals surface area contributed by atoms with Gasteiger partial charge in [0.1, 0.15) is 23.2 Å². The molecule has 8 nitrogen and oxygen atoms in total. The van der Waals surface area contributed by atoms with Gasteiger partial charge in [-0.05, 0) is 69.6 Å². The van der Waals surface area contributed by atoms with Crippen LogP contribution in [-0.4, -0.2) is 71.3 Å². The Morgan fingerprint density at radius 2 is 1.78 bits per heavy atom. The molecule has 222 valence electrons. The molecule has 1 unspecified atom stereocenters. The number of aryl methyl sites for hydroxylation is 2. The molecule has 0 bridgehead atoms. The molecule has 4 aliphatic rings. The molecule has 0 aromatic heterocycles. The van der Waals surface area contributed by atoms with Crippen LogP contribution in [0, 0.1) is 25.7 Å². The van der Waals surface area contributed by atoms with E-state index in [4.69, 9.17) is 9.47 Å². The number of carbonyl (C=O) groups excluding carboxylic acids is 3. The van der Waals surface area contributed by atoms with Crippen molar-refractivity contribution in [1.82, 2.24) is 4.90 Å². The van der Waals surface area contributed by atoms with Crippen molar-refractivity contribution < 1.29 is 29.0 Å². The number of amides is 2. The molecule has 5 rings (SSSR count). The number of hydrogen-bond acceptors (Lipinski definition) is 6. The summed E-state index contributed by atoms with van der Waals surface area (Å²) in [7, 11) is 0. The highest BCUT2D eigenvalue weighted by atomic mass is 16.6. The lowest BCUT2D eigenvalue weighted by atomic mass is 9.73. The third kappa shape index (κ3) is 5.14. The van der Waals surface area contributed by atoms with E-state index in [2.05, 4.69) is 6.08 Å². The second-order valence-corrected chi connectivity index (χ2v) is 12.0. The molecular formula is C33H44N2O6. The first-order valence-corrected chi connectivity index (χ1v) is 15.3. The lowest BCUT2D eigenvalue weighted by molar-refractivity contribution is -0.160. The van der Waals surface area contributed by atoms with E-state index in [1.54, 1.807) is 9.80 Å². The van der Waals surface area contributed by atoms with Gasteiger partial charge in [-0.15, -0.1) is 0 Å². The zero-order valence-electron chi connectivity index (χ0n) is 24.6. The topological polar surface area (TPSA) is 96.4 Å². The molecule has 41 heavy (non-hydrogen) atoms. The number of cyclic esters (lactones) is 1. The summed E-state index contributed by atoms with van der Waals surface area (Å²) in [6, 6.07) is 5.14. The van der Waals surface area contributed by atoms with Gasteiger partial charge in [-0.1, -0.05) is 56.2 Å². The van der Waals surface area contributed by atoms with Gasteiger partial charge in [0.25, 0.3) is 5.91 Å². The lowest BCUT2D eigenvalue weighted by Gasteiger charge is -2.38. The maximum atomic E-state index is 14.7. The minimum Gasteiger partial charge on any atom is -0.465 e. The number of anilines is 1. The second kappa shape index (κ2) is 12.1. The summed E-state index contributed by atoms with van der Waals surface area (Å²) < 4.78 is 12.8. The van der Waals surface area contributed by atoms with Crippen molar-refractivity contribution in [3.63, 3.8) is 0 Å². The van der Waals surface area contributed by atoms with Gasteiger partial charge in [-0.3, -0.25) is 14.4 Å². The number of allylic oxidation sites excluding steroid dienone is 1.